The van der Waals surface area contributed by atoms with Crippen LogP contribution in [0, 0.1) is 10.1 Å². The van der Waals surface area contributed by atoms with Crippen LogP contribution in [0.3, 0.4) is 0 Å². The molecule has 0 unspecified atom stereocenters. The Bertz CT molecular complexity index is 673. The van der Waals surface area contributed by atoms with E-state index in [1.54, 1.807) is 43.3 Å². The topological polar surface area (TPSA) is 55.6 Å². The van der Waals surface area contributed by atoms with Gasteiger partial charge in [0.2, 0.25) is 0 Å². The van der Waals surface area contributed by atoms with E-state index in [0.717, 1.165) is 0 Å². The largest absolute Gasteiger partial charge is 0.455 e. The van der Waals surface area contributed by atoms with Crippen molar-refractivity contribution in [1.82, 2.24) is 0 Å². The number of halogens is 2. The summed E-state index contributed by atoms with van der Waals surface area (Å²) < 4.78 is 5.71. The quantitative estimate of drug-likeness (QED) is 0.600. The Morgan fingerprint density at radius 3 is 2.29 bits per heavy atom. The first-order chi connectivity index (χ1) is 9.88. The van der Waals surface area contributed by atoms with Crippen molar-refractivity contribution < 1.29 is 9.66 Å². The van der Waals surface area contributed by atoms with Gasteiger partial charge in [-0.25, -0.2) is 0 Å². The van der Waals surface area contributed by atoms with Gasteiger partial charge in [-0.1, -0.05) is 23.2 Å². The lowest BCUT2D eigenvalue weighted by Gasteiger charge is -2.18. The van der Waals surface area contributed by atoms with E-state index in [2.05, 4.69) is 0 Å². The third-order valence-corrected chi connectivity index (χ3v) is 3.30. The van der Waals surface area contributed by atoms with Crippen molar-refractivity contribution in [1.29, 1.82) is 0 Å². The summed E-state index contributed by atoms with van der Waals surface area (Å²) in [6, 6.07) is 9.54. The second-order valence-electron chi connectivity index (χ2n) is 4.48. The van der Waals surface area contributed by atoms with Crippen molar-refractivity contribution in [2.24, 2.45) is 0 Å². The summed E-state index contributed by atoms with van der Waals surface area (Å²) >= 11 is 11.7. The van der Waals surface area contributed by atoms with Crippen LogP contribution in [0.25, 0.3) is 0 Å². The standard InChI is InChI=1S/C14H12Cl2N2O3/c1-17(2)13-7-11(16)12(18(19)20)8-14(13)21-10-5-3-9(15)4-6-10/h3-8H,1-2H3. The van der Waals surface area contributed by atoms with Gasteiger partial charge in [0, 0.05) is 19.1 Å². The van der Waals surface area contributed by atoms with E-state index in [9.17, 15) is 10.1 Å². The van der Waals surface area contributed by atoms with Crippen LogP contribution in [0.1, 0.15) is 0 Å². The molecule has 0 aliphatic carbocycles. The Balaban J connectivity index is 2.46. The lowest BCUT2D eigenvalue weighted by atomic mass is 10.2. The molecule has 2 aromatic carbocycles. The van der Waals surface area contributed by atoms with Crippen LogP contribution in [0.15, 0.2) is 36.4 Å². The molecule has 2 aromatic rings. The monoisotopic (exact) mass is 326 g/mol. The lowest BCUT2D eigenvalue weighted by Crippen LogP contribution is -2.10. The number of ether oxygens (including phenoxy) is 1. The minimum Gasteiger partial charge on any atom is -0.455 e. The van der Waals surface area contributed by atoms with E-state index in [0.29, 0.717) is 22.2 Å². The Hall–Kier alpha value is -1.98. The number of anilines is 1. The number of benzene rings is 2. The van der Waals surface area contributed by atoms with Crippen molar-refractivity contribution in [3.63, 3.8) is 0 Å². The molecule has 0 bridgehead atoms. The molecule has 21 heavy (non-hydrogen) atoms. The zero-order valence-electron chi connectivity index (χ0n) is 11.3. The molecule has 0 amide bonds. The highest BCUT2D eigenvalue weighted by Gasteiger charge is 2.19. The maximum Gasteiger partial charge on any atom is 0.291 e. The molecule has 7 heteroatoms. The highest BCUT2D eigenvalue weighted by molar-refractivity contribution is 6.33. The van der Waals surface area contributed by atoms with Gasteiger partial charge in [0.25, 0.3) is 5.69 Å². The number of hydrogen-bond acceptors (Lipinski definition) is 4. The van der Waals surface area contributed by atoms with Crippen molar-refractivity contribution in [3.8, 4) is 11.5 Å². The van der Waals surface area contributed by atoms with Gasteiger partial charge in [0.1, 0.15) is 10.8 Å². The van der Waals surface area contributed by atoms with Gasteiger partial charge in [-0.2, -0.15) is 0 Å². The molecular formula is C14H12Cl2N2O3. The maximum atomic E-state index is 11.0. The third-order valence-electron chi connectivity index (χ3n) is 2.75. The van der Waals surface area contributed by atoms with Gasteiger partial charge in [-0.3, -0.25) is 10.1 Å². The third kappa shape index (κ3) is 3.56. The summed E-state index contributed by atoms with van der Waals surface area (Å²) in [5.74, 6) is 0.873. The Kier molecular flexibility index (Phi) is 4.55. The second-order valence-corrected chi connectivity index (χ2v) is 5.32. The Labute approximate surface area is 131 Å². The molecule has 0 atom stereocenters. The number of rotatable bonds is 4. The fourth-order valence-electron chi connectivity index (χ4n) is 1.73. The van der Waals surface area contributed by atoms with Crippen LogP contribution in [-0.4, -0.2) is 19.0 Å². The minimum absolute atomic E-state index is 0.0622. The first-order valence-corrected chi connectivity index (χ1v) is 6.72. The van der Waals surface area contributed by atoms with Crippen LogP contribution in [0.2, 0.25) is 10.0 Å². The minimum atomic E-state index is -0.545. The summed E-state index contributed by atoms with van der Waals surface area (Å²) in [5.41, 5.74) is 0.437. The van der Waals surface area contributed by atoms with Crippen molar-refractivity contribution in [2.75, 3.05) is 19.0 Å². The van der Waals surface area contributed by atoms with E-state index in [4.69, 9.17) is 27.9 Å². The van der Waals surface area contributed by atoms with Crippen LogP contribution in [0.5, 0.6) is 11.5 Å². The summed E-state index contributed by atoms with van der Waals surface area (Å²) in [6.07, 6.45) is 0. The lowest BCUT2D eigenvalue weighted by molar-refractivity contribution is -0.384. The number of hydrogen-bond donors (Lipinski definition) is 0. The summed E-state index contributed by atoms with van der Waals surface area (Å²) in [4.78, 5) is 12.2. The summed E-state index contributed by atoms with van der Waals surface area (Å²) in [7, 11) is 3.60. The van der Waals surface area contributed by atoms with Crippen LogP contribution in [0.4, 0.5) is 11.4 Å². The molecule has 0 spiro atoms. The summed E-state index contributed by atoms with van der Waals surface area (Å²) in [6.45, 7) is 0. The van der Waals surface area contributed by atoms with Crippen LogP contribution in [-0.2, 0) is 0 Å². The smallest absolute Gasteiger partial charge is 0.291 e. The van der Waals surface area contributed by atoms with Gasteiger partial charge in [-0.15, -0.1) is 0 Å². The maximum absolute atomic E-state index is 11.0. The molecule has 5 nitrogen and oxygen atoms in total. The van der Waals surface area contributed by atoms with Crippen molar-refractivity contribution >= 4 is 34.6 Å². The number of nitro groups is 1. The van der Waals surface area contributed by atoms with Gasteiger partial charge < -0.3 is 9.64 Å². The molecule has 0 saturated carbocycles. The Morgan fingerprint density at radius 1 is 1.14 bits per heavy atom. The number of nitrogens with zero attached hydrogens (tertiary/aromatic N) is 2. The molecule has 110 valence electrons. The zero-order valence-corrected chi connectivity index (χ0v) is 12.9. The normalized spacial score (nSPS) is 10.3. The fourth-order valence-corrected chi connectivity index (χ4v) is 2.09. The molecule has 0 heterocycles. The molecule has 0 aliphatic rings. The average Bonchev–Trinajstić information content (AvgIpc) is 2.42. The van der Waals surface area contributed by atoms with Gasteiger partial charge in [-0.05, 0) is 30.3 Å². The highest BCUT2D eigenvalue weighted by Crippen LogP contribution is 2.39. The first kappa shape index (κ1) is 15.4. The molecule has 0 aromatic heterocycles. The predicted molar refractivity (Wildman–Crippen MR) is 84.0 cm³/mol. The molecule has 0 radical (unpaired) electrons. The van der Waals surface area contributed by atoms with E-state index >= 15 is 0 Å². The molecule has 0 fully saturated rings. The fraction of sp³-hybridized carbons (Fsp3) is 0.143. The molecule has 0 aliphatic heterocycles. The van der Waals surface area contributed by atoms with E-state index in [1.165, 1.54) is 12.1 Å². The van der Waals surface area contributed by atoms with Crippen molar-refractivity contribution in [3.05, 3.63) is 56.6 Å². The average molecular weight is 327 g/mol. The number of nitro benzene ring substituents is 1. The predicted octanol–water partition coefficient (Wildman–Crippen LogP) is 4.76. The van der Waals surface area contributed by atoms with Crippen LogP contribution < -0.4 is 9.64 Å². The Morgan fingerprint density at radius 2 is 1.76 bits per heavy atom. The van der Waals surface area contributed by atoms with E-state index in [-0.39, 0.29) is 10.7 Å². The van der Waals surface area contributed by atoms with Gasteiger partial charge >= 0.3 is 0 Å². The van der Waals surface area contributed by atoms with E-state index < -0.39 is 4.92 Å². The molecule has 0 N–H and O–H groups in total. The SMILES string of the molecule is CN(C)c1cc(Cl)c([N+](=O)[O-])cc1Oc1ccc(Cl)cc1. The molecule has 0 saturated heterocycles. The second kappa shape index (κ2) is 6.20. The van der Waals surface area contributed by atoms with Crippen molar-refractivity contribution in [2.45, 2.75) is 0 Å². The van der Waals surface area contributed by atoms with Gasteiger partial charge in [0.05, 0.1) is 16.7 Å². The van der Waals surface area contributed by atoms with Gasteiger partial charge in [0.15, 0.2) is 5.75 Å². The molecule has 2 rings (SSSR count). The highest BCUT2D eigenvalue weighted by atomic mass is 35.5. The first-order valence-electron chi connectivity index (χ1n) is 5.97. The van der Waals surface area contributed by atoms with Crippen LogP contribution >= 0.6 is 23.2 Å². The molecular weight excluding hydrogens is 315 g/mol. The summed E-state index contributed by atoms with van der Waals surface area (Å²) in [5, 5.41) is 11.6. The zero-order chi connectivity index (χ0) is 15.6. The van der Waals surface area contributed by atoms with E-state index in [1.807, 2.05) is 0 Å².